The number of benzene rings is 2. The maximum atomic E-state index is 14.0. The zero-order chi connectivity index (χ0) is 20.1. The van der Waals surface area contributed by atoms with Crippen LogP contribution in [-0.4, -0.2) is 51.5 Å². The topological polar surface area (TPSA) is 61.9 Å². The van der Waals surface area contributed by atoms with E-state index in [0.717, 1.165) is 12.1 Å². The summed E-state index contributed by atoms with van der Waals surface area (Å²) in [5.74, 6) is -2.02. The number of anilines is 2. The van der Waals surface area contributed by atoms with E-state index in [2.05, 4.69) is 5.32 Å². The third kappa shape index (κ3) is 5.16. The Bertz CT molecular complexity index is 831. The van der Waals surface area contributed by atoms with E-state index in [1.165, 1.54) is 36.0 Å². The highest BCUT2D eigenvalue weighted by atomic mass is 19.1. The van der Waals surface area contributed by atoms with Gasteiger partial charge in [0, 0.05) is 39.4 Å². The van der Waals surface area contributed by atoms with Crippen molar-refractivity contribution < 1.29 is 23.1 Å². The third-order valence-corrected chi connectivity index (χ3v) is 3.68. The molecule has 8 heteroatoms. The van der Waals surface area contributed by atoms with Crippen molar-refractivity contribution in [2.75, 3.05) is 45.0 Å². The van der Waals surface area contributed by atoms with Crippen molar-refractivity contribution in [3.05, 3.63) is 53.6 Å². The molecule has 0 saturated heterocycles. The Morgan fingerprint density at radius 2 is 1.67 bits per heavy atom. The number of amides is 2. The number of hydrogen-bond acceptors (Lipinski definition) is 4. The zero-order valence-electron chi connectivity index (χ0n) is 15.5. The molecule has 0 radical (unpaired) electrons. The summed E-state index contributed by atoms with van der Waals surface area (Å²) in [6, 6.07) is 8.25. The molecule has 0 spiro atoms. The standard InChI is InChI=1S/C19H21F2N3O3/c1-23(2)17(25)11-27-14-7-5-6-12(8-14)19(26)22-13-9-15(20)18(24(3)4)16(21)10-13/h5-10H,11H2,1-4H3,(H,22,26). The molecule has 0 atom stereocenters. The number of likely N-dealkylation sites (N-methyl/N-ethyl adjacent to an activating group) is 1. The van der Waals surface area contributed by atoms with Gasteiger partial charge in [0.2, 0.25) is 0 Å². The van der Waals surface area contributed by atoms with Gasteiger partial charge in [-0.15, -0.1) is 0 Å². The minimum absolute atomic E-state index is 0.00490. The molecule has 0 aromatic heterocycles. The first-order chi connectivity index (χ1) is 12.7. The summed E-state index contributed by atoms with van der Waals surface area (Å²) < 4.78 is 33.4. The van der Waals surface area contributed by atoms with Crippen molar-refractivity contribution in [3.63, 3.8) is 0 Å². The molecule has 1 N–H and O–H groups in total. The van der Waals surface area contributed by atoms with Crippen LogP contribution in [-0.2, 0) is 4.79 Å². The number of rotatable bonds is 6. The second kappa shape index (κ2) is 8.48. The van der Waals surface area contributed by atoms with Gasteiger partial charge < -0.3 is 19.9 Å². The predicted molar refractivity (Wildman–Crippen MR) is 99.3 cm³/mol. The lowest BCUT2D eigenvalue weighted by molar-refractivity contribution is -0.130. The van der Waals surface area contributed by atoms with Crippen LogP contribution >= 0.6 is 0 Å². The molecule has 6 nitrogen and oxygen atoms in total. The van der Waals surface area contributed by atoms with Gasteiger partial charge in [-0.1, -0.05) is 6.07 Å². The quantitative estimate of drug-likeness (QED) is 0.841. The van der Waals surface area contributed by atoms with Gasteiger partial charge in [-0.2, -0.15) is 0 Å². The largest absolute Gasteiger partial charge is 0.484 e. The van der Waals surface area contributed by atoms with Crippen molar-refractivity contribution in [2.24, 2.45) is 0 Å². The molecule has 0 saturated carbocycles. The summed E-state index contributed by atoms with van der Waals surface area (Å²) in [5, 5.41) is 2.45. The second-order valence-corrected chi connectivity index (χ2v) is 6.24. The van der Waals surface area contributed by atoms with Crippen molar-refractivity contribution in [1.82, 2.24) is 4.90 Å². The zero-order valence-corrected chi connectivity index (χ0v) is 15.5. The average molecular weight is 377 g/mol. The molecule has 2 rings (SSSR count). The Morgan fingerprint density at radius 3 is 2.22 bits per heavy atom. The van der Waals surface area contributed by atoms with Crippen LogP contribution in [0.15, 0.2) is 36.4 Å². The number of halogens is 2. The van der Waals surface area contributed by atoms with Crippen LogP contribution in [0.2, 0.25) is 0 Å². The fraction of sp³-hybridized carbons (Fsp3) is 0.263. The molecule has 144 valence electrons. The van der Waals surface area contributed by atoms with Crippen LogP contribution < -0.4 is 15.0 Å². The molecule has 0 aliphatic carbocycles. The molecule has 27 heavy (non-hydrogen) atoms. The monoisotopic (exact) mass is 377 g/mol. The van der Waals surface area contributed by atoms with E-state index in [4.69, 9.17) is 4.74 Å². The molecular weight excluding hydrogens is 356 g/mol. The van der Waals surface area contributed by atoms with Crippen LogP contribution in [0.25, 0.3) is 0 Å². The lowest BCUT2D eigenvalue weighted by Crippen LogP contribution is -2.27. The summed E-state index contributed by atoms with van der Waals surface area (Å²) in [5.41, 5.74) is 0.0333. The first kappa shape index (κ1) is 20.2. The summed E-state index contributed by atoms with van der Waals surface area (Å²) in [4.78, 5) is 26.6. The van der Waals surface area contributed by atoms with Crippen LogP contribution in [0.1, 0.15) is 10.4 Å². The highest BCUT2D eigenvalue weighted by Gasteiger charge is 2.15. The lowest BCUT2D eigenvalue weighted by Gasteiger charge is -2.16. The van der Waals surface area contributed by atoms with Crippen molar-refractivity contribution >= 4 is 23.2 Å². The van der Waals surface area contributed by atoms with E-state index in [1.54, 1.807) is 26.2 Å². The van der Waals surface area contributed by atoms with Gasteiger partial charge >= 0.3 is 0 Å². The van der Waals surface area contributed by atoms with Gasteiger partial charge in [-0.25, -0.2) is 8.78 Å². The molecule has 2 aromatic carbocycles. The molecule has 0 aliphatic heterocycles. The number of nitrogens with zero attached hydrogens (tertiary/aromatic N) is 2. The fourth-order valence-corrected chi connectivity index (χ4v) is 2.27. The average Bonchev–Trinajstić information content (AvgIpc) is 2.58. The Hall–Kier alpha value is -3.16. The molecule has 0 heterocycles. The second-order valence-electron chi connectivity index (χ2n) is 6.24. The first-order valence-corrected chi connectivity index (χ1v) is 8.09. The van der Waals surface area contributed by atoms with Gasteiger partial charge in [-0.05, 0) is 30.3 Å². The molecule has 2 aromatic rings. The number of carbonyl (C=O) groups is 2. The number of carbonyl (C=O) groups excluding carboxylic acids is 2. The molecule has 0 unspecified atom stereocenters. The minimum atomic E-state index is -0.783. The summed E-state index contributed by atoms with van der Waals surface area (Å²) in [7, 11) is 6.25. The minimum Gasteiger partial charge on any atom is -0.484 e. The summed E-state index contributed by atoms with van der Waals surface area (Å²) in [6.45, 7) is -0.166. The van der Waals surface area contributed by atoms with Crippen molar-refractivity contribution in [3.8, 4) is 5.75 Å². The van der Waals surface area contributed by atoms with Gasteiger partial charge in [0.25, 0.3) is 11.8 Å². The van der Waals surface area contributed by atoms with Crippen LogP contribution in [0.4, 0.5) is 20.2 Å². The Labute approximate surface area is 156 Å². The lowest BCUT2D eigenvalue weighted by atomic mass is 10.2. The van der Waals surface area contributed by atoms with Crippen LogP contribution in [0.5, 0.6) is 5.75 Å². The van der Waals surface area contributed by atoms with E-state index in [9.17, 15) is 18.4 Å². The normalized spacial score (nSPS) is 10.3. The van der Waals surface area contributed by atoms with Gasteiger partial charge in [-0.3, -0.25) is 9.59 Å². The summed E-state index contributed by atoms with van der Waals surface area (Å²) >= 11 is 0. The van der Waals surface area contributed by atoms with E-state index >= 15 is 0 Å². The molecular formula is C19H21F2N3O3. The van der Waals surface area contributed by atoms with Crippen molar-refractivity contribution in [2.45, 2.75) is 0 Å². The van der Waals surface area contributed by atoms with E-state index in [1.807, 2.05) is 0 Å². The van der Waals surface area contributed by atoms with Gasteiger partial charge in [0.05, 0.1) is 0 Å². The van der Waals surface area contributed by atoms with E-state index < -0.39 is 17.5 Å². The highest BCUT2D eigenvalue weighted by molar-refractivity contribution is 6.04. The molecule has 2 amide bonds. The Kier molecular flexibility index (Phi) is 6.33. The van der Waals surface area contributed by atoms with E-state index in [0.29, 0.717) is 5.75 Å². The first-order valence-electron chi connectivity index (χ1n) is 8.09. The van der Waals surface area contributed by atoms with Crippen LogP contribution in [0, 0.1) is 11.6 Å². The SMILES string of the molecule is CN(C)C(=O)COc1cccc(C(=O)Nc2cc(F)c(N(C)C)c(F)c2)c1. The maximum absolute atomic E-state index is 14.0. The van der Waals surface area contributed by atoms with Gasteiger partial charge in [0.15, 0.2) is 18.2 Å². The summed E-state index contributed by atoms with van der Waals surface area (Å²) in [6.07, 6.45) is 0. The highest BCUT2D eigenvalue weighted by Crippen LogP contribution is 2.26. The molecule has 0 fully saturated rings. The number of nitrogens with one attached hydrogen (secondary N) is 1. The third-order valence-electron chi connectivity index (χ3n) is 3.68. The molecule has 0 aliphatic rings. The Balaban J connectivity index is 2.12. The smallest absolute Gasteiger partial charge is 0.259 e. The number of hydrogen-bond donors (Lipinski definition) is 1. The number of ether oxygens (including phenoxy) is 1. The molecule has 0 bridgehead atoms. The predicted octanol–water partition coefficient (Wildman–Crippen LogP) is 2.75. The maximum Gasteiger partial charge on any atom is 0.259 e. The fourth-order valence-electron chi connectivity index (χ4n) is 2.27. The van der Waals surface area contributed by atoms with E-state index in [-0.39, 0.29) is 29.5 Å². The van der Waals surface area contributed by atoms with Gasteiger partial charge in [0.1, 0.15) is 11.4 Å². The Morgan fingerprint density at radius 1 is 1.04 bits per heavy atom. The van der Waals surface area contributed by atoms with Crippen LogP contribution in [0.3, 0.4) is 0 Å². The van der Waals surface area contributed by atoms with Crippen molar-refractivity contribution in [1.29, 1.82) is 0 Å².